The molecule has 3 aromatic rings. The number of nitrogens with zero attached hydrogens (tertiary/aromatic N) is 3. The number of carbonyl (C=O) groups is 1. The van der Waals surface area contributed by atoms with Crippen molar-refractivity contribution in [3.63, 3.8) is 0 Å². The summed E-state index contributed by atoms with van der Waals surface area (Å²) < 4.78 is 26.9. The van der Waals surface area contributed by atoms with Gasteiger partial charge in [0.2, 0.25) is 17.5 Å². The monoisotopic (exact) mass is 427 g/mol. The van der Waals surface area contributed by atoms with Crippen LogP contribution in [0.15, 0.2) is 45.4 Å². The van der Waals surface area contributed by atoms with Crippen LogP contribution in [0.3, 0.4) is 0 Å². The Bertz CT molecular complexity index is 1000. The average Bonchev–Trinajstić information content (AvgIpc) is 3.48. The van der Waals surface area contributed by atoms with E-state index in [4.69, 9.17) is 23.0 Å². The molecule has 0 N–H and O–H groups in total. The highest BCUT2D eigenvalue weighted by molar-refractivity contribution is 5.92. The third kappa shape index (κ3) is 5.25. The van der Waals surface area contributed by atoms with Crippen LogP contribution in [-0.2, 0) is 11.3 Å². The summed E-state index contributed by atoms with van der Waals surface area (Å²) in [6.45, 7) is 2.72. The zero-order valence-electron chi connectivity index (χ0n) is 18.0. The lowest BCUT2D eigenvalue weighted by Gasteiger charge is -2.18. The molecule has 31 heavy (non-hydrogen) atoms. The van der Waals surface area contributed by atoms with E-state index in [0.717, 1.165) is 12.0 Å². The predicted octanol–water partition coefficient (Wildman–Crippen LogP) is 3.81. The molecule has 2 heterocycles. The van der Waals surface area contributed by atoms with Crippen molar-refractivity contribution in [1.29, 1.82) is 0 Å². The van der Waals surface area contributed by atoms with Crippen molar-refractivity contribution in [3.8, 4) is 28.9 Å². The van der Waals surface area contributed by atoms with Crippen molar-refractivity contribution in [1.82, 2.24) is 15.1 Å². The Labute approximate surface area is 180 Å². The Morgan fingerprint density at radius 1 is 1.13 bits per heavy atom. The van der Waals surface area contributed by atoms with Gasteiger partial charge in [0.15, 0.2) is 17.3 Å². The third-order valence-corrected chi connectivity index (χ3v) is 4.44. The van der Waals surface area contributed by atoms with Gasteiger partial charge in [-0.05, 0) is 42.3 Å². The fourth-order valence-corrected chi connectivity index (χ4v) is 2.99. The molecule has 1 amide bonds. The van der Waals surface area contributed by atoms with Gasteiger partial charge in [-0.3, -0.25) is 4.79 Å². The first-order valence-electron chi connectivity index (χ1n) is 9.72. The van der Waals surface area contributed by atoms with Gasteiger partial charge in [-0.2, -0.15) is 0 Å². The maximum absolute atomic E-state index is 12.8. The second kappa shape index (κ2) is 10.3. The lowest BCUT2D eigenvalue weighted by molar-refractivity contribution is -0.126. The summed E-state index contributed by atoms with van der Waals surface area (Å²) >= 11 is 0. The van der Waals surface area contributed by atoms with Crippen LogP contribution in [-0.4, -0.2) is 48.9 Å². The molecule has 2 aromatic heterocycles. The molecular formula is C22H25N3O6. The predicted molar refractivity (Wildman–Crippen MR) is 113 cm³/mol. The Morgan fingerprint density at radius 3 is 2.45 bits per heavy atom. The standard InChI is InChI=1S/C22H25N3O6/c1-5-10-25(14-19-23-24-22(31-19)16-7-6-11-30-16)20(26)9-8-15-12-17(27-2)21(29-4)18(13-15)28-3/h6-9,11-13H,5,10,14H2,1-4H3/b9-8+. The molecule has 0 radical (unpaired) electrons. The summed E-state index contributed by atoms with van der Waals surface area (Å²) in [5.41, 5.74) is 0.734. The summed E-state index contributed by atoms with van der Waals surface area (Å²) in [4.78, 5) is 14.5. The summed E-state index contributed by atoms with van der Waals surface area (Å²) in [6, 6.07) is 7.00. The van der Waals surface area contributed by atoms with E-state index in [0.29, 0.717) is 35.4 Å². The van der Waals surface area contributed by atoms with Crippen molar-refractivity contribution < 1.29 is 27.8 Å². The molecule has 0 bridgehead atoms. The lowest BCUT2D eigenvalue weighted by Crippen LogP contribution is -2.29. The van der Waals surface area contributed by atoms with E-state index in [9.17, 15) is 4.79 Å². The van der Waals surface area contributed by atoms with Crippen LogP contribution in [0.2, 0.25) is 0 Å². The fraction of sp³-hybridized carbons (Fsp3) is 0.318. The van der Waals surface area contributed by atoms with Gasteiger partial charge in [0.25, 0.3) is 5.89 Å². The molecule has 0 atom stereocenters. The van der Waals surface area contributed by atoms with Crippen LogP contribution >= 0.6 is 0 Å². The maximum Gasteiger partial charge on any atom is 0.283 e. The summed E-state index contributed by atoms with van der Waals surface area (Å²) in [5, 5.41) is 7.99. The van der Waals surface area contributed by atoms with E-state index in [2.05, 4.69) is 10.2 Å². The maximum atomic E-state index is 12.8. The number of hydrogen-bond acceptors (Lipinski definition) is 8. The van der Waals surface area contributed by atoms with E-state index in [-0.39, 0.29) is 18.3 Å². The SMILES string of the molecule is CCCN(Cc1nnc(-c2ccco2)o1)C(=O)/C=C/c1cc(OC)c(OC)c(OC)c1. The fourth-order valence-electron chi connectivity index (χ4n) is 2.99. The molecule has 0 saturated heterocycles. The first-order chi connectivity index (χ1) is 15.1. The van der Waals surface area contributed by atoms with Crippen LogP contribution in [0, 0.1) is 0 Å². The smallest absolute Gasteiger partial charge is 0.283 e. The highest BCUT2D eigenvalue weighted by Crippen LogP contribution is 2.38. The van der Waals surface area contributed by atoms with E-state index in [1.165, 1.54) is 19.4 Å². The van der Waals surface area contributed by atoms with Gasteiger partial charge >= 0.3 is 0 Å². The number of carbonyl (C=O) groups excluding carboxylic acids is 1. The first-order valence-corrected chi connectivity index (χ1v) is 9.72. The van der Waals surface area contributed by atoms with Crippen LogP contribution in [0.25, 0.3) is 17.7 Å². The number of rotatable bonds is 10. The quantitative estimate of drug-likeness (QED) is 0.450. The van der Waals surface area contributed by atoms with Gasteiger partial charge in [-0.25, -0.2) is 0 Å². The first kappa shape index (κ1) is 21.9. The number of benzene rings is 1. The minimum absolute atomic E-state index is 0.187. The number of hydrogen-bond donors (Lipinski definition) is 0. The molecule has 0 aliphatic rings. The van der Waals surface area contributed by atoms with Crippen molar-refractivity contribution in [2.24, 2.45) is 0 Å². The lowest BCUT2D eigenvalue weighted by atomic mass is 10.1. The van der Waals surface area contributed by atoms with E-state index in [1.807, 2.05) is 6.92 Å². The normalized spacial score (nSPS) is 11.0. The number of aromatic nitrogens is 2. The summed E-state index contributed by atoms with van der Waals surface area (Å²) in [7, 11) is 4.62. The second-order valence-corrected chi connectivity index (χ2v) is 6.53. The van der Waals surface area contributed by atoms with Crippen molar-refractivity contribution in [2.75, 3.05) is 27.9 Å². The molecule has 1 aromatic carbocycles. The molecular weight excluding hydrogens is 402 g/mol. The van der Waals surface area contributed by atoms with Crippen LogP contribution in [0.1, 0.15) is 24.8 Å². The van der Waals surface area contributed by atoms with E-state index < -0.39 is 0 Å². The number of amides is 1. The molecule has 3 rings (SSSR count). The van der Waals surface area contributed by atoms with E-state index in [1.54, 1.807) is 49.5 Å². The third-order valence-electron chi connectivity index (χ3n) is 4.44. The summed E-state index contributed by atoms with van der Waals surface area (Å²) in [5.74, 6) is 2.41. The summed E-state index contributed by atoms with van der Waals surface area (Å²) in [6.07, 6.45) is 5.49. The highest BCUT2D eigenvalue weighted by Gasteiger charge is 2.17. The van der Waals surface area contributed by atoms with Gasteiger partial charge in [0.05, 0.1) is 34.1 Å². The zero-order chi connectivity index (χ0) is 22.2. The van der Waals surface area contributed by atoms with Crippen LogP contribution in [0.5, 0.6) is 17.2 Å². The van der Waals surface area contributed by atoms with Crippen molar-refractivity contribution in [3.05, 3.63) is 48.1 Å². The molecule has 0 spiro atoms. The molecule has 0 unspecified atom stereocenters. The molecule has 0 fully saturated rings. The van der Waals surface area contributed by atoms with Gasteiger partial charge in [0, 0.05) is 12.6 Å². The minimum atomic E-state index is -0.187. The molecule has 9 heteroatoms. The molecule has 0 aliphatic heterocycles. The Morgan fingerprint density at radius 2 is 1.87 bits per heavy atom. The largest absolute Gasteiger partial charge is 0.493 e. The molecule has 164 valence electrons. The Kier molecular flexibility index (Phi) is 7.31. The Hall–Kier alpha value is -3.75. The minimum Gasteiger partial charge on any atom is -0.493 e. The molecule has 0 saturated carbocycles. The Balaban J connectivity index is 1.75. The van der Waals surface area contributed by atoms with Crippen molar-refractivity contribution in [2.45, 2.75) is 19.9 Å². The van der Waals surface area contributed by atoms with Gasteiger partial charge in [-0.1, -0.05) is 6.92 Å². The second-order valence-electron chi connectivity index (χ2n) is 6.53. The topological polar surface area (TPSA) is 100 Å². The van der Waals surface area contributed by atoms with Crippen LogP contribution < -0.4 is 14.2 Å². The van der Waals surface area contributed by atoms with Gasteiger partial charge in [0.1, 0.15) is 0 Å². The van der Waals surface area contributed by atoms with Crippen LogP contribution in [0.4, 0.5) is 0 Å². The number of furan rings is 1. The zero-order valence-corrected chi connectivity index (χ0v) is 18.0. The number of ether oxygens (including phenoxy) is 3. The van der Waals surface area contributed by atoms with Gasteiger partial charge < -0.3 is 27.9 Å². The molecule has 0 aliphatic carbocycles. The van der Waals surface area contributed by atoms with Gasteiger partial charge in [-0.15, -0.1) is 10.2 Å². The van der Waals surface area contributed by atoms with Crippen molar-refractivity contribution >= 4 is 12.0 Å². The number of methoxy groups -OCH3 is 3. The highest BCUT2D eigenvalue weighted by atomic mass is 16.5. The average molecular weight is 427 g/mol. The molecule has 9 nitrogen and oxygen atoms in total. The van der Waals surface area contributed by atoms with E-state index >= 15 is 0 Å².